The first-order valence-corrected chi connectivity index (χ1v) is 10.1. The molecule has 0 aliphatic rings. The van der Waals surface area contributed by atoms with Crippen molar-refractivity contribution in [1.82, 2.24) is 24.9 Å². The Morgan fingerprint density at radius 2 is 1.72 bits per heavy atom. The SMILES string of the molecule is Cc1cc(OCC(C)(C)C(=O)O)ncc1-c1cnc(-c2ncc(-c3ccccc3)[nH]2)nc1. The molecule has 8 nitrogen and oxygen atoms in total. The number of nitrogens with zero attached hydrogens (tertiary/aromatic N) is 4. The highest BCUT2D eigenvalue weighted by atomic mass is 16.5. The van der Waals surface area contributed by atoms with Crippen molar-refractivity contribution in [3.8, 4) is 39.9 Å². The van der Waals surface area contributed by atoms with E-state index < -0.39 is 11.4 Å². The molecule has 3 aromatic heterocycles. The maximum Gasteiger partial charge on any atom is 0.312 e. The van der Waals surface area contributed by atoms with E-state index in [1.165, 1.54) is 0 Å². The van der Waals surface area contributed by atoms with Crippen LogP contribution in [0.4, 0.5) is 0 Å². The summed E-state index contributed by atoms with van der Waals surface area (Å²) in [5, 5.41) is 9.21. The Balaban J connectivity index is 1.50. The molecule has 0 radical (unpaired) electrons. The van der Waals surface area contributed by atoms with Crippen LogP contribution in [0.3, 0.4) is 0 Å². The molecule has 0 amide bonds. The number of aliphatic carboxylic acids is 1. The summed E-state index contributed by atoms with van der Waals surface area (Å²) in [5.74, 6) is 0.546. The summed E-state index contributed by atoms with van der Waals surface area (Å²) in [6.07, 6.45) is 6.90. The van der Waals surface area contributed by atoms with Gasteiger partial charge in [0.15, 0.2) is 11.6 Å². The van der Waals surface area contributed by atoms with E-state index in [1.54, 1.807) is 44.7 Å². The van der Waals surface area contributed by atoms with E-state index in [0.717, 1.165) is 27.9 Å². The van der Waals surface area contributed by atoms with Crippen LogP contribution in [0, 0.1) is 12.3 Å². The van der Waals surface area contributed by atoms with Gasteiger partial charge in [-0.2, -0.15) is 0 Å². The molecule has 1 aromatic carbocycles. The average molecular weight is 429 g/mol. The van der Waals surface area contributed by atoms with Crippen molar-refractivity contribution in [3.63, 3.8) is 0 Å². The van der Waals surface area contributed by atoms with E-state index in [4.69, 9.17) is 4.74 Å². The predicted octanol–water partition coefficient (Wildman–Crippen LogP) is 4.39. The van der Waals surface area contributed by atoms with Gasteiger partial charge in [-0.1, -0.05) is 30.3 Å². The summed E-state index contributed by atoms with van der Waals surface area (Å²) in [4.78, 5) is 32.1. The number of H-pyrrole nitrogens is 1. The number of nitrogens with one attached hydrogen (secondary N) is 1. The minimum Gasteiger partial charge on any atom is -0.481 e. The fraction of sp³-hybridized carbons (Fsp3) is 0.208. The molecular weight excluding hydrogens is 406 g/mol. The van der Waals surface area contributed by atoms with Crippen LogP contribution in [-0.2, 0) is 4.79 Å². The topological polar surface area (TPSA) is 114 Å². The Kier molecular flexibility index (Phi) is 5.68. The highest BCUT2D eigenvalue weighted by Gasteiger charge is 2.28. The lowest BCUT2D eigenvalue weighted by atomic mass is 9.95. The second-order valence-electron chi connectivity index (χ2n) is 8.12. The number of aromatic nitrogens is 5. The molecule has 0 aliphatic carbocycles. The van der Waals surface area contributed by atoms with Crippen LogP contribution in [0.15, 0.2) is 61.2 Å². The molecule has 2 N–H and O–H groups in total. The third-order valence-corrected chi connectivity index (χ3v) is 5.08. The van der Waals surface area contributed by atoms with Crippen molar-refractivity contribution >= 4 is 5.97 Å². The van der Waals surface area contributed by atoms with Gasteiger partial charge in [0.2, 0.25) is 5.88 Å². The molecule has 0 unspecified atom stereocenters. The number of ether oxygens (including phenoxy) is 1. The molecule has 0 atom stereocenters. The van der Waals surface area contributed by atoms with Gasteiger partial charge in [0.05, 0.1) is 17.3 Å². The number of aryl methyl sites for hydroxylation is 1. The van der Waals surface area contributed by atoms with Crippen molar-refractivity contribution < 1.29 is 14.6 Å². The van der Waals surface area contributed by atoms with Gasteiger partial charge in [-0.3, -0.25) is 4.79 Å². The number of hydrogen-bond donors (Lipinski definition) is 2. The number of carbonyl (C=O) groups is 1. The molecule has 4 aromatic rings. The first kappa shape index (κ1) is 21.2. The summed E-state index contributed by atoms with van der Waals surface area (Å²) in [6.45, 7) is 5.17. The number of carboxylic acids is 1. The van der Waals surface area contributed by atoms with Gasteiger partial charge in [-0.25, -0.2) is 19.9 Å². The van der Waals surface area contributed by atoms with Gasteiger partial charge in [0.1, 0.15) is 6.61 Å². The van der Waals surface area contributed by atoms with Crippen molar-refractivity contribution in [1.29, 1.82) is 0 Å². The minimum atomic E-state index is -0.996. The van der Waals surface area contributed by atoms with Crippen LogP contribution >= 0.6 is 0 Å². The van der Waals surface area contributed by atoms with Gasteiger partial charge in [-0.05, 0) is 31.9 Å². The molecule has 0 spiro atoms. The number of pyridine rings is 1. The molecular formula is C24H23N5O3. The number of benzene rings is 1. The quantitative estimate of drug-likeness (QED) is 0.448. The monoisotopic (exact) mass is 429 g/mol. The van der Waals surface area contributed by atoms with Crippen LogP contribution in [0.5, 0.6) is 5.88 Å². The van der Waals surface area contributed by atoms with E-state index in [-0.39, 0.29) is 6.61 Å². The number of rotatable bonds is 7. The van der Waals surface area contributed by atoms with Crippen molar-refractivity contribution in [3.05, 3.63) is 66.7 Å². The van der Waals surface area contributed by atoms with Crippen LogP contribution in [0.2, 0.25) is 0 Å². The first-order chi connectivity index (χ1) is 15.3. The third kappa shape index (κ3) is 4.49. The maximum absolute atomic E-state index is 11.2. The summed E-state index contributed by atoms with van der Waals surface area (Å²) in [6, 6.07) is 11.7. The lowest BCUT2D eigenvalue weighted by Crippen LogP contribution is -2.30. The predicted molar refractivity (Wildman–Crippen MR) is 120 cm³/mol. The highest BCUT2D eigenvalue weighted by Crippen LogP contribution is 2.26. The highest BCUT2D eigenvalue weighted by molar-refractivity contribution is 5.73. The molecule has 3 heterocycles. The second-order valence-corrected chi connectivity index (χ2v) is 8.12. The Hall–Kier alpha value is -4.07. The standard InChI is InChI=1S/C24H23N5O3/c1-15-9-20(32-14-24(2,3)23(30)31)25-12-18(15)17-10-26-21(27-11-17)22-28-13-19(29-22)16-7-5-4-6-8-16/h4-13H,14H2,1-3H3,(H,28,29)(H,30,31). The fourth-order valence-corrected chi connectivity index (χ4v) is 3.02. The lowest BCUT2D eigenvalue weighted by molar-refractivity contribution is -0.148. The van der Waals surface area contributed by atoms with Gasteiger partial charge >= 0.3 is 5.97 Å². The molecule has 0 saturated carbocycles. The fourth-order valence-electron chi connectivity index (χ4n) is 3.02. The smallest absolute Gasteiger partial charge is 0.312 e. The van der Waals surface area contributed by atoms with Gasteiger partial charge in [0, 0.05) is 35.8 Å². The minimum absolute atomic E-state index is 0.0278. The Morgan fingerprint density at radius 3 is 2.38 bits per heavy atom. The van der Waals surface area contributed by atoms with E-state index in [0.29, 0.717) is 17.5 Å². The molecule has 162 valence electrons. The summed E-state index contributed by atoms with van der Waals surface area (Å²) in [5.41, 5.74) is 3.54. The van der Waals surface area contributed by atoms with Gasteiger partial charge in [0.25, 0.3) is 0 Å². The average Bonchev–Trinajstić information content (AvgIpc) is 3.29. The molecule has 0 fully saturated rings. The lowest BCUT2D eigenvalue weighted by Gasteiger charge is -2.19. The van der Waals surface area contributed by atoms with E-state index in [9.17, 15) is 9.90 Å². The largest absolute Gasteiger partial charge is 0.481 e. The third-order valence-electron chi connectivity index (χ3n) is 5.08. The van der Waals surface area contributed by atoms with E-state index >= 15 is 0 Å². The van der Waals surface area contributed by atoms with Gasteiger partial charge < -0.3 is 14.8 Å². The summed E-state index contributed by atoms with van der Waals surface area (Å²) in [7, 11) is 0. The van der Waals surface area contributed by atoms with Crippen LogP contribution in [0.1, 0.15) is 19.4 Å². The number of imidazole rings is 1. The molecule has 0 bridgehead atoms. The molecule has 8 heteroatoms. The summed E-state index contributed by atoms with van der Waals surface area (Å²) < 4.78 is 5.58. The molecule has 0 saturated heterocycles. The van der Waals surface area contributed by atoms with Crippen molar-refractivity contribution in [2.24, 2.45) is 5.41 Å². The number of carboxylic acid groups (broad SMARTS) is 1. The number of aromatic amines is 1. The van der Waals surface area contributed by atoms with E-state index in [1.807, 2.05) is 37.3 Å². The normalized spacial score (nSPS) is 11.3. The first-order valence-electron chi connectivity index (χ1n) is 10.1. The van der Waals surface area contributed by atoms with Crippen LogP contribution in [0.25, 0.3) is 34.0 Å². The Morgan fingerprint density at radius 1 is 1.00 bits per heavy atom. The van der Waals surface area contributed by atoms with Crippen LogP contribution in [-0.4, -0.2) is 42.6 Å². The van der Waals surface area contributed by atoms with Crippen molar-refractivity contribution in [2.45, 2.75) is 20.8 Å². The van der Waals surface area contributed by atoms with Crippen molar-refractivity contribution in [2.75, 3.05) is 6.61 Å². The molecule has 4 rings (SSSR count). The number of hydrogen-bond acceptors (Lipinski definition) is 6. The van der Waals surface area contributed by atoms with Crippen LogP contribution < -0.4 is 4.74 Å². The van der Waals surface area contributed by atoms with Gasteiger partial charge in [-0.15, -0.1) is 0 Å². The molecule has 32 heavy (non-hydrogen) atoms. The summed E-state index contributed by atoms with van der Waals surface area (Å²) >= 11 is 0. The zero-order chi connectivity index (χ0) is 22.7. The van der Waals surface area contributed by atoms with E-state index in [2.05, 4.69) is 24.9 Å². The Bertz CT molecular complexity index is 1230. The maximum atomic E-state index is 11.2. The zero-order valence-corrected chi connectivity index (χ0v) is 18.0. The second kappa shape index (κ2) is 8.58. The Labute approximate surface area is 185 Å². The zero-order valence-electron chi connectivity index (χ0n) is 18.0. The molecule has 0 aliphatic heterocycles.